The number of unbranched alkanes of at least 4 members (excludes halogenated alkanes) is 2. The third kappa shape index (κ3) is 9.17. The monoisotopic (exact) mass is 228 g/mol. The molecule has 0 aromatic carbocycles. The van der Waals surface area contributed by atoms with Crippen molar-refractivity contribution in [1.82, 2.24) is 4.90 Å². The molecule has 2 nitrogen and oxygen atoms in total. The molecular weight excluding hydrogens is 196 g/mol. The average molecular weight is 228 g/mol. The Morgan fingerprint density at radius 1 is 0.875 bits per heavy atom. The number of rotatable bonds is 11. The highest BCUT2D eigenvalue weighted by Gasteiger charge is 2.05. The molecule has 1 atom stereocenters. The summed E-state index contributed by atoms with van der Waals surface area (Å²) in [7, 11) is 0. The van der Waals surface area contributed by atoms with Crippen LogP contribution < -0.4 is 5.73 Å². The summed E-state index contributed by atoms with van der Waals surface area (Å²) in [5, 5.41) is 0. The molecule has 98 valence electrons. The van der Waals surface area contributed by atoms with E-state index in [4.69, 9.17) is 5.73 Å². The first-order valence-corrected chi connectivity index (χ1v) is 7.22. The lowest BCUT2D eigenvalue weighted by Gasteiger charge is -2.22. The van der Waals surface area contributed by atoms with Crippen molar-refractivity contribution in [2.45, 2.75) is 71.8 Å². The second-order valence-corrected chi connectivity index (χ2v) is 4.86. The molecule has 0 heterocycles. The average Bonchev–Trinajstić information content (AvgIpc) is 2.31. The van der Waals surface area contributed by atoms with Crippen LogP contribution in [0.2, 0.25) is 0 Å². The summed E-state index contributed by atoms with van der Waals surface area (Å²) in [6.45, 7) is 10.5. The van der Waals surface area contributed by atoms with Gasteiger partial charge >= 0.3 is 0 Å². The van der Waals surface area contributed by atoms with E-state index < -0.39 is 0 Å². The molecule has 0 aliphatic carbocycles. The highest BCUT2D eigenvalue weighted by atomic mass is 15.1. The van der Waals surface area contributed by atoms with E-state index in [1.165, 1.54) is 58.2 Å². The quantitative estimate of drug-likeness (QED) is 0.587. The SMILES string of the molecule is CCCCN(CCCC)CCCC(N)CC. The third-order valence-corrected chi connectivity index (χ3v) is 3.23. The van der Waals surface area contributed by atoms with Gasteiger partial charge < -0.3 is 10.6 Å². The van der Waals surface area contributed by atoms with Gasteiger partial charge in [0.05, 0.1) is 0 Å². The van der Waals surface area contributed by atoms with E-state index >= 15 is 0 Å². The van der Waals surface area contributed by atoms with Crippen molar-refractivity contribution in [1.29, 1.82) is 0 Å². The summed E-state index contributed by atoms with van der Waals surface area (Å²) >= 11 is 0. The molecule has 0 radical (unpaired) electrons. The van der Waals surface area contributed by atoms with Crippen LogP contribution in [0.4, 0.5) is 0 Å². The molecule has 0 rings (SSSR count). The van der Waals surface area contributed by atoms with Crippen LogP contribution in [0.1, 0.15) is 65.7 Å². The first-order chi connectivity index (χ1) is 7.74. The Morgan fingerprint density at radius 3 is 1.81 bits per heavy atom. The maximum atomic E-state index is 5.94. The summed E-state index contributed by atoms with van der Waals surface area (Å²) in [6.07, 6.45) is 8.85. The van der Waals surface area contributed by atoms with Gasteiger partial charge in [-0.3, -0.25) is 0 Å². The molecule has 0 aromatic heterocycles. The van der Waals surface area contributed by atoms with E-state index in [1.54, 1.807) is 0 Å². The van der Waals surface area contributed by atoms with Crippen LogP contribution in [0.3, 0.4) is 0 Å². The van der Waals surface area contributed by atoms with Crippen molar-refractivity contribution >= 4 is 0 Å². The van der Waals surface area contributed by atoms with Crippen molar-refractivity contribution in [3.63, 3.8) is 0 Å². The number of nitrogens with zero attached hydrogens (tertiary/aromatic N) is 1. The van der Waals surface area contributed by atoms with E-state index in [2.05, 4.69) is 25.7 Å². The van der Waals surface area contributed by atoms with E-state index in [0.29, 0.717) is 6.04 Å². The highest BCUT2D eigenvalue weighted by molar-refractivity contribution is 4.63. The molecule has 0 aromatic rings. The Balaban J connectivity index is 3.63. The Kier molecular flexibility index (Phi) is 11.3. The Hall–Kier alpha value is -0.0800. The van der Waals surface area contributed by atoms with Gasteiger partial charge in [-0.25, -0.2) is 0 Å². The molecule has 16 heavy (non-hydrogen) atoms. The van der Waals surface area contributed by atoms with E-state index in [1.807, 2.05) is 0 Å². The van der Waals surface area contributed by atoms with Gasteiger partial charge in [-0.05, 0) is 51.7 Å². The maximum Gasteiger partial charge on any atom is 0.00366 e. The third-order valence-electron chi connectivity index (χ3n) is 3.23. The largest absolute Gasteiger partial charge is 0.328 e. The molecule has 0 spiro atoms. The van der Waals surface area contributed by atoms with Crippen LogP contribution in [-0.4, -0.2) is 30.6 Å². The second-order valence-electron chi connectivity index (χ2n) is 4.86. The fraction of sp³-hybridized carbons (Fsp3) is 1.00. The molecule has 0 aliphatic rings. The number of hydrogen-bond donors (Lipinski definition) is 1. The second kappa shape index (κ2) is 11.4. The smallest absolute Gasteiger partial charge is 0.00366 e. The predicted molar refractivity (Wildman–Crippen MR) is 73.8 cm³/mol. The topological polar surface area (TPSA) is 29.3 Å². The zero-order valence-electron chi connectivity index (χ0n) is 11.7. The van der Waals surface area contributed by atoms with Crippen molar-refractivity contribution in [3.8, 4) is 0 Å². The summed E-state index contributed by atoms with van der Waals surface area (Å²) < 4.78 is 0. The van der Waals surface area contributed by atoms with Crippen molar-refractivity contribution < 1.29 is 0 Å². The Labute approximate surface area is 103 Å². The van der Waals surface area contributed by atoms with Gasteiger partial charge in [-0.15, -0.1) is 0 Å². The minimum Gasteiger partial charge on any atom is -0.328 e. The number of hydrogen-bond acceptors (Lipinski definition) is 2. The molecule has 2 heteroatoms. The standard InChI is InChI=1S/C14H32N2/c1-4-7-11-16(12-8-5-2)13-9-10-14(15)6-3/h14H,4-13,15H2,1-3H3. The van der Waals surface area contributed by atoms with Gasteiger partial charge in [0.2, 0.25) is 0 Å². The molecular formula is C14H32N2. The molecule has 0 fully saturated rings. The zero-order valence-corrected chi connectivity index (χ0v) is 11.7. The fourth-order valence-corrected chi connectivity index (χ4v) is 1.88. The Bertz CT molecular complexity index is 129. The maximum absolute atomic E-state index is 5.94. The Morgan fingerprint density at radius 2 is 1.38 bits per heavy atom. The molecule has 0 saturated carbocycles. The van der Waals surface area contributed by atoms with Crippen LogP contribution in [0.15, 0.2) is 0 Å². The molecule has 1 unspecified atom stereocenters. The lowest BCUT2D eigenvalue weighted by atomic mass is 10.1. The van der Waals surface area contributed by atoms with Gasteiger partial charge in [0, 0.05) is 6.04 Å². The molecule has 0 bridgehead atoms. The van der Waals surface area contributed by atoms with Crippen LogP contribution >= 0.6 is 0 Å². The lowest BCUT2D eigenvalue weighted by Crippen LogP contribution is -2.28. The van der Waals surface area contributed by atoms with Crippen molar-refractivity contribution in [2.75, 3.05) is 19.6 Å². The van der Waals surface area contributed by atoms with Gasteiger partial charge in [-0.1, -0.05) is 33.6 Å². The van der Waals surface area contributed by atoms with E-state index in [9.17, 15) is 0 Å². The van der Waals surface area contributed by atoms with Crippen molar-refractivity contribution in [3.05, 3.63) is 0 Å². The lowest BCUT2D eigenvalue weighted by molar-refractivity contribution is 0.257. The molecule has 0 amide bonds. The summed E-state index contributed by atoms with van der Waals surface area (Å²) in [5.74, 6) is 0. The normalized spacial score (nSPS) is 13.3. The van der Waals surface area contributed by atoms with Crippen LogP contribution in [0, 0.1) is 0 Å². The number of nitrogens with two attached hydrogens (primary N) is 1. The van der Waals surface area contributed by atoms with Gasteiger partial charge in [0.25, 0.3) is 0 Å². The minimum absolute atomic E-state index is 0.416. The van der Waals surface area contributed by atoms with Gasteiger partial charge in [-0.2, -0.15) is 0 Å². The van der Waals surface area contributed by atoms with Crippen LogP contribution in [0.5, 0.6) is 0 Å². The summed E-state index contributed by atoms with van der Waals surface area (Å²) in [5.41, 5.74) is 5.94. The fourth-order valence-electron chi connectivity index (χ4n) is 1.88. The summed E-state index contributed by atoms with van der Waals surface area (Å²) in [4.78, 5) is 2.62. The summed E-state index contributed by atoms with van der Waals surface area (Å²) in [6, 6.07) is 0.416. The zero-order chi connectivity index (χ0) is 12.2. The predicted octanol–water partition coefficient (Wildman–Crippen LogP) is 3.41. The first-order valence-electron chi connectivity index (χ1n) is 7.22. The van der Waals surface area contributed by atoms with E-state index in [-0.39, 0.29) is 0 Å². The van der Waals surface area contributed by atoms with Crippen LogP contribution in [-0.2, 0) is 0 Å². The molecule has 0 aliphatic heterocycles. The first kappa shape index (κ1) is 15.9. The highest BCUT2D eigenvalue weighted by Crippen LogP contribution is 2.04. The molecule has 2 N–H and O–H groups in total. The van der Waals surface area contributed by atoms with E-state index in [0.717, 1.165) is 6.42 Å². The van der Waals surface area contributed by atoms with Gasteiger partial charge in [0.15, 0.2) is 0 Å². The minimum atomic E-state index is 0.416. The van der Waals surface area contributed by atoms with Crippen molar-refractivity contribution in [2.24, 2.45) is 5.73 Å². The molecule has 0 saturated heterocycles. The van der Waals surface area contributed by atoms with Gasteiger partial charge in [0.1, 0.15) is 0 Å². The van der Waals surface area contributed by atoms with Crippen LogP contribution in [0.25, 0.3) is 0 Å².